The highest BCUT2D eigenvalue weighted by Crippen LogP contribution is 2.60. The number of phenols is 2. The topological polar surface area (TPSA) is 73.8 Å². The molecule has 6 heteroatoms. The van der Waals surface area contributed by atoms with Crippen LogP contribution in [0.4, 0.5) is 0 Å². The fraction of sp³-hybridized carbons (Fsp3) is 0.345. The third-order valence-corrected chi connectivity index (χ3v) is 8.30. The van der Waals surface area contributed by atoms with Crippen molar-refractivity contribution in [1.82, 2.24) is 10.6 Å². The fourth-order valence-corrected chi connectivity index (χ4v) is 6.96. The molecule has 3 aromatic carbocycles. The predicted molar refractivity (Wildman–Crippen MR) is 140 cm³/mol. The van der Waals surface area contributed by atoms with Gasteiger partial charge in [0.2, 0.25) is 5.75 Å². The molecule has 5 nitrogen and oxygen atoms in total. The molecule has 2 aliphatic heterocycles. The van der Waals surface area contributed by atoms with Gasteiger partial charge in [-0.15, -0.1) is 0 Å². The summed E-state index contributed by atoms with van der Waals surface area (Å²) in [6.07, 6.45) is 2.99. The fourth-order valence-electron chi connectivity index (χ4n) is 6.68. The van der Waals surface area contributed by atoms with Crippen molar-refractivity contribution in [2.24, 2.45) is 11.8 Å². The highest BCUT2D eigenvalue weighted by atomic mass is 32.1. The number of benzene rings is 3. The molecular formula is C29H30N2O3S. The number of rotatable bonds is 2. The number of ether oxygens (including phenoxy) is 1. The van der Waals surface area contributed by atoms with Gasteiger partial charge in [0.1, 0.15) is 0 Å². The molecule has 4 N–H and O–H groups in total. The zero-order chi connectivity index (χ0) is 24.3. The smallest absolute Gasteiger partial charge is 0.200 e. The lowest BCUT2D eigenvalue weighted by atomic mass is 9.60. The van der Waals surface area contributed by atoms with E-state index >= 15 is 0 Å². The lowest BCUT2D eigenvalue weighted by molar-refractivity contribution is -0.122. The largest absolute Gasteiger partial charge is 0.504 e. The Morgan fingerprint density at radius 3 is 2.34 bits per heavy atom. The number of phenolic OH excluding ortho intramolecular Hbond substituents is 2. The van der Waals surface area contributed by atoms with Crippen molar-refractivity contribution >= 4 is 17.3 Å². The Hall–Kier alpha value is -3.25. The van der Waals surface area contributed by atoms with Crippen molar-refractivity contribution in [3.8, 4) is 17.2 Å². The molecule has 180 valence electrons. The van der Waals surface area contributed by atoms with Gasteiger partial charge in [-0.1, -0.05) is 72.1 Å². The first-order valence-electron chi connectivity index (χ1n) is 12.3. The van der Waals surface area contributed by atoms with Gasteiger partial charge in [0.05, 0.1) is 6.04 Å². The second-order valence-corrected chi connectivity index (χ2v) is 10.7. The maximum Gasteiger partial charge on any atom is 0.200 e. The average molecular weight is 487 g/mol. The van der Waals surface area contributed by atoms with Crippen LogP contribution in [0.2, 0.25) is 0 Å². The Morgan fingerprint density at radius 1 is 0.914 bits per heavy atom. The molecule has 2 fully saturated rings. The summed E-state index contributed by atoms with van der Waals surface area (Å²) in [6, 6.07) is 20.5. The SMILES string of the molecule is Cc1cccc([C@H]2c3ccc(O)c(O)c3O[C@]34NC(=S)N[C@@H](c5cccc(C)c5)[C@@H]3CCC[C@H]24)c1. The zero-order valence-electron chi connectivity index (χ0n) is 19.9. The predicted octanol–water partition coefficient (Wildman–Crippen LogP) is 5.57. The van der Waals surface area contributed by atoms with Gasteiger partial charge in [0.25, 0.3) is 0 Å². The Labute approximate surface area is 211 Å². The van der Waals surface area contributed by atoms with E-state index in [1.807, 2.05) is 6.07 Å². The normalized spacial score (nSPS) is 29.0. The van der Waals surface area contributed by atoms with Crippen LogP contribution in [0, 0.1) is 25.7 Å². The summed E-state index contributed by atoms with van der Waals surface area (Å²) < 4.78 is 6.82. The summed E-state index contributed by atoms with van der Waals surface area (Å²) in [4.78, 5) is 0. The third kappa shape index (κ3) is 3.46. The van der Waals surface area contributed by atoms with E-state index < -0.39 is 5.72 Å². The van der Waals surface area contributed by atoms with Crippen LogP contribution in [0.1, 0.15) is 59.0 Å². The Kier molecular flexibility index (Phi) is 5.18. The second-order valence-electron chi connectivity index (χ2n) is 10.3. The standard InChI is InChI=1S/C29H30N2O3S/c1-16-6-3-8-18(14-16)24-20-12-13-23(32)26(33)27(20)34-29-21(24)10-5-11-22(29)25(30-28(35)31-29)19-9-4-7-17(2)15-19/h3-4,6-9,12-15,21-22,24-25,32-33H,5,10-11H2,1-2H3,(H2,30,31,35)/t21-,22+,24+,25+,29+/m1/s1. The molecule has 3 aliphatic rings. The van der Waals surface area contributed by atoms with Gasteiger partial charge in [-0.3, -0.25) is 0 Å². The van der Waals surface area contributed by atoms with Gasteiger partial charge >= 0.3 is 0 Å². The van der Waals surface area contributed by atoms with Crippen LogP contribution in [0.15, 0.2) is 60.7 Å². The number of aromatic hydroxyl groups is 2. The Balaban J connectivity index is 1.57. The van der Waals surface area contributed by atoms with E-state index in [0.29, 0.717) is 10.9 Å². The molecule has 1 aliphatic carbocycles. The van der Waals surface area contributed by atoms with Crippen LogP contribution in [-0.4, -0.2) is 21.1 Å². The number of fused-ring (bicyclic) bond motifs is 1. The first-order chi connectivity index (χ1) is 16.9. The van der Waals surface area contributed by atoms with Crippen LogP contribution in [0.3, 0.4) is 0 Å². The summed E-state index contributed by atoms with van der Waals surface area (Å²) in [7, 11) is 0. The Bertz CT molecular complexity index is 1330. The Morgan fingerprint density at radius 2 is 1.60 bits per heavy atom. The lowest BCUT2D eigenvalue weighted by Gasteiger charge is -2.59. The van der Waals surface area contributed by atoms with Gasteiger partial charge in [0, 0.05) is 23.3 Å². The van der Waals surface area contributed by atoms with E-state index in [9.17, 15) is 10.2 Å². The minimum atomic E-state index is -0.818. The van der Waals surface area contributed by atoms with Crippen LogP contribution < -0.4 is 15.4 Å². The minimum Gasteiger partial charge on any atom is -0.504 e. The third-order valence-electron chi connectivity index (χ3n) is 8.08. The molecule has 0 unspecified atom stereocenters. The molecule has 1 saturated heterocycles. The molecule has 0 bridgehead atoms. The molecule has 35 heavy (non-hydrogen) atoms. The molecule has 0 amide bonds. The number of nitrogens with one attached hydrogen (secondary N) is 2. The summed E-state index contributed by atoms with van der Waals surface area (Å²) in [5.74, 6) is 0.0968. The highest BCUT2D eigenvalue weighted by molar-refractivity contribution is 7.80. The van der Waals surface area contributed by atoms with Crippen LogP contribution in [0.25, 0.3) is 0 Å². The molecule has 2 heterocycles. The number of hydrogen-bond acceptors (Lipinski definition) is 4. The maximum absolute atomic E-state index is 11.0. The number of thiocarbonyl (C=S) groups is 1. The lowest BCUT2D eigenvalue weighted by Crippen LogP contribution is -2.73. The van der Waals surface area contributed by atoms with E-state index in [1.54, 1.807) is 6.07 Å². The number of hydrogen-bond donors (Lipinski definition) is 4. The molecule has 1 spiro atoms. The molecule has 3 aromatic rings. The van der Waals surface area contributed by atoms with Crippen molar-refractivity contribution in [3.63, 3.8) is 0 Å². The molecule has 6 rings (SSSR count). The quantitative estimate of drug-likeness (QED) is 0.280. The van der Waals surface area contributed by atoms with Crippen LogP contribution in [0.5, 0.6) is 17.2 Å². The molecule has 5 atom stereocenters. The summed E-state index contributed by atoms with van der Waals surface area (Å²) in [6.45, 7) is 4.20. The van der Waals surface area contributed by atoms with E-state index in [0.717, 1.165) is 24.8 Å². The second kappa shape index (κ2) is 8.16. The first kappa shape index (κ1) is 22.2. The van der Waals surface area contributed by atoms with Crippen molar-refractivity contribution in [3.05, 3.63) is 88.5 Å². The van der Waals surface area contributed by atoms with Gasteiger partial charge in [-0.2, -0.15) is 0 Å². The van der Waals surface area contributed by atoms with Crippen molar-refractivity contribution in [2.75, 3.05) is 0 Å². The van der Waals surface area contributed by atoms with Crippen LogP contribution in [-0.2, 0) is 0 Å². The average Bonchev–Trinajstić information content (AvgIpc) is 2.83. The van der Waals surface area contributed by atoms with E-state index in [1.165, 1.54) is 22.3 Å². The van der Waals surface area contributed by atoms with Gasteiger partial charge in [-0.25, -0.2) is 0 Å². The summed E-state index contributed by atoms with van der Waals surface area (Å²) in [5.41, 5.74) is 4.84. The molecular weight excluding hydrogens is 456 g/mol. The molecule has 1 saturated carbocycles. The van der Waals surface area contributed by atoms with Crippen molar-refractivity contribution in [2.45, 2.75) is 50.8 Å². The van der Waals surface area contributed by atoms with Crippen molar-refractivity contribution in [1.29, 1.82) is 0 Å². The first-order valence-corrected chi connectivity index (χ1v) is 12.7. The molecule has 0 radical (unpaired) electrons. The van der Waals surface area contributed by atoms with Crippen LogP contribution >= 0.6 is 12.2 Å². The summed E-state index contributed by atoms with van der Waals surface area (Å²) in [5, 5.41) is 29.0. The number of aryl methyl sites for hydroxylation is 2. The van der Waals surface area contributed by atoms with E-state index in [4.69, 9.17) is 17.0 Å². The van der Waals surface area contributed by atoms with E-state index in [-0.39, 0.29) is 35.3 Å². The van der Waals surface area contributed by atoms with Gasteiger partial charge < -0.3 is 25.6 Å². The van der Waals surface area contributed by atoms with E-state index in [2.05, 4.69) is 73.0 Å². The van der Waals surface area contributed by atoms with Crippen molar-refractivity contribution < 1.29 is 14.9 Å². The van der Waals surface area contributed by atoms with Gasteiger partial charge in [-0.05, 0) is 56.1 Å². The summed E-state index contributed by atoms with van der Waals surface area (Å²) >= 11 is 5.77. The maximum atomic E-state index is 11.0. The molecule has 0 aromatic heterocycles. The highest BCUT2D eigenvalue weighted by Gasteiger charge is 2.61. The monoisotopic (exact) mass is 486 g/mol. The van der Waals surface area contributed by atoms with Gasteiger partial charge in [0.15, 0.2) is 22.3 Å². The minimum absolute atomic E-state index is 0.0143. The zero-order valence-corrected chi connectivity index (χ0v) is 20.7.